The van der Waals surface area contributed by atoms with E-state index in [1.165, 1.54) is 36.5 Å². The quantitative estimate of drug-likeness (QED) is 0.694. The first-order valence-electron chi connectivity index (χ1n) is 5.36. The van der Waals surface area contributed by atoms with Crippen LogP contribution in [0.25, 0.3) is 0 Å². The molecule has 0 fully saturated rings. The smallest absolute Gasteiger partial charge is 0.308 e. The highest BCUT2D eigenvalue weighted by molar-refractivity contribution is 7.15. The zero-order chi connectivity index (χ0) is 13.8. The zero-order valence-electron chi connectivity index (χ0n) is 9.94. The minimum atomic E-state index is -0.452. The SMILES string of the molecule is CC(=O)Oc1ccc(F)c(NCc2cnc(Cl)s2)c1. The van der Waals surface area contributed by atoms with E-state index in [1.807, 2.05) is 0 Å². The molecule has 7 heteroatoms. The van der Waals surface area contributed by atoms with Crippen LogP contribution in [0.3, 0.4) is 0 Å². The van der Waals surface area contributed by atoms with Crippen molar-refractivity contribution in [2.45, 2.75) is 13.5 Å². The Balaban J connectivity index is 2.08. The number of carbonyl (C=O) groups excluding carboxylic acids is 1. The molecular formula is C12H10ClFN2O2S. The predicted octanol–water partition coefficient (Wildman–Crippen LogP) is 3.47. The second-order valence-corrected chi connectivity index (χ2v) is 5.37. The van der Waals surface area contributed by atoms with Gasteiger partial charge in [-0.15, -0.1) is 11.3 Å². The average molecular weight is 301 g/mol. The van der Waals surface area contributed by atoms with Gasteiger partial charge >= 0.3 is 5.97 Å². The molecule has 0 aliphatic heterocycles. The highest BCUT2D eigenvalue weighted by Gasteiger charge is 2.07. The van der Waals surface area contributed by atoms with E-state index in [0.29, 0.717) is 16.8 Å². The van der Waals surface area contributed by atoms with Gasteiger partial charge in [0, 0.05) is 24.1 Å². The number of halogens is 2. The van der Waals surface area contributed by atoms with Crippen LogP contribution >= 0.6 is 22.9 Å². The fourth-order valence-corrected chi connectivity index (χ4v) is 2.33. The third-order valence-electron chi connectivity index (χ3n) is 2.18. The molecule has 1 aromatic heterocycles. The lowest BCUT2D eigenvalue weighted by Crippen LogP contribution is -2.04. The van der Waals surface area contributed by atoms with Crippen LogP contribution in [-0.2, 0) is 11.3 Å². The van der Waals surface area contributed by atoms with Gasteiger partial charge in [0.1, 0.15) is 11.6 Å². The summed E-state index contributed by atoms with van der Waals surface area (Å²) in [5.74, 6) is -0.586. The van der Waals surface area contributed by atoms with E-state index in [4.69, 9.17) is 16.3 Å². The van der Waals surface area contributed by atoms with Gasteiger partial charge in [0.05, 0.1) is 12.2 Å². The van der Waals surface area contributed by atoms with Crippen molar-refractivity contribution in [1.29, 1.82) is 0 Å². The number of nitrogens with one attached hydrogen (secondary N) is 1. The predicted molar refractivity (Wildman–Crippen MR) is 72.2 cm³/mol. The summed E-state index contributed by atoms with van der Waals surface area (Å²) in [7, 11) is 0. The largest absolute Gasteiger partial charge is 0.427 e. The number of carbonyl (C=O) groups is 1. The molecule has 2 rings (SSSR count). The molecule has 1 heterocycles. The van der Waals surface area contributed by atoms with Crippen LogP contribution in [0.5, 0.6) is 5.75 Å². The first-order valence-corrected chi connectivity index (χ1v) is 6.56. The lowest BCUT2D eigenvalue weighted by atomic mass is 10.3. The molecule has 0 unspecified atom stereocenters. The second kappa shape index (κ2) is 5.99. The lowest BCUT2D eigenvalue weighted by molar-refractivity contribution is -0.131. The Morgan fingerprint density at radius 3 is 3.00 bits per heavy atom. The second-order valence-electron chi connectivity index (χ2n) is 3.67. The number of aromatic nitrogens is 1. The summed E-state index contributed by atoms with van der Waals surface area (Å²) in [6.45, 7) is 1.68. The molecular weight excluding hydrogens is 291 g/mol. The minimum Gasteiger partial charge on any atom is -0.427 e. The third kappa shape index (κ3) is 3.90. The fraction of sp³-hybridized carbons (Fsp3) is 0.167. The van der Waals surface area contributed by atoms with Crippen LogP contribution < -0.4 is 10.1 Å². The Bertz CT molecular complexity index is 603. The molecule has 19 heavy (non-hydrogen) atoms. The number of benzene rings is 1. The number of rotatable bonds is 4. The van der Waals surface area contributed by atoms with Gasteiger partial charge in [0.15, 0.2) is 4.47 Å². The van der Waals surface area contributed by atoms with Crippen LogP contribution in [0, 0.1) is 5.82 Å². The number of hydrogen-bond donors (Lipinski definition) is 1. The van der Waals surface area contributed by atoms with E-state index >= 15 is 0 Å². The van der Waals surface area contributed by atoms with Crippen molar-refractivity contribution in [3.8, 4) is 5.75 Å². The van der Waals surface area contributed by atoms with Gasteiger partial charge in [0.2, 0.25) is 0 Å². The van der Waals surface area contributed by atoms with Crippen LogP contribution in [0.15, 0.2) is 24.4 Å². The van der Waals surface area contributed by atoms with Crippen LogP contribution in [-0.4, -0.2) is 11.0 Å². The van der Waals surface area contributed by atoms with Crippen LogP contribution in [0.2, 0.25) is 4.47 Å². The van der Waals surface area contributed by atoms with Gasteiger partial charge in [-0.3, -0.25) is 4.79 Å². The van der Waals surface area contributed by atoms with Crippen LogP contribution in [0.1, 0.15) is 11.8 Å². The van der Waals surface area contributed by atoms with Crippen molar-refractivity contribution in [1.82, 2.24) is 4.98 Å². The molecule has 0 bridgehead atoms. The normalized spacial score (nSPS) is 10.3. The van der Waals surface area contributed by atoms with Crippen molar-refractivity contribution < 1.29 is 13.9 Å². The Labute approximate surface area is 118 Å². The molecule has 100 valence electrons. The Morgan fingerprint density at radius 2 is 2.37 bits per heavy atom. The zero-order valence-corrected chi connectivity index (χ0v) is 11.5. The Hall–Kier alpha value is -1.66. The maximum Gasteiger partial charge on any atom is 0.308 e. The highest BCUT2D eigenvalue weighted by atomic mass is 35.5. The van der Waals surface area contributed by atoms with Crippen molar-refractivity contribution >= 4 is 34.6 Å². The molecule has 2 aromatic rings. The molecule has 0 saturated carbocycles. The van der Waals surface area contributed by atoms with E-state index in [-0.39, 0.29) is 5.69 Å². The van der Waals surface area contributed by atoms with Gasteiger partial charge in [-0.05, 0) is 12.1 Å². The molecule has 1 N–H and O–H groups in total. The first-order chi connectivity index (χ1) is 9.04. The van der Waals surface area contributed by atoms with Gasteiger partial charge in [-0.25, -0.2) is 9.37 Å². The first kappa shape index (κ1) is 13.8. The van der Waals surface area contributed by atoms with E-state index < -0.39 is 11.8 Å². The molecule has 0 aliphatic carbocycles. The summed E-state index contributed by atoms with van der Waals surface area (Å²) in [4.78, 5) is 15.6. The van der Waals surface area contributed by atoms with Gasteiger partial charge in [-0.1, -0.05) is 11.6 Å². The minimum absolute atomic E-state index is 0.253. The van der Waals surface area contributed by atoms with Crippen molar-refractivity contribution in [2.75, 3.05) is 5.32 Å². The number of thiazole rings is 1. The van der Waals surface area contributed by atoms with Gasteiger partial charge in [-0.2, -0.15) is 0 Å². The number of hydrogen-bond acceptors (Lipinski definition) is 5. The summed E-state index contributed by atoms with van der Waals surface area (Å²) >= 11 is 7.02. The van der Waals surface area contributed by atoms with Crippen molar-refractivity contribution in [2.24, 2.45) is 0 Å². The van der Waals surface area contributed by atoms with Gasteiger partial charge < -0.3 is 10.1 Å². The van der Waals surface area contributed by atoms with E-state index in [9.17, 15) is 9.18 Å². The maximum absolute atomic E-state index is 13.6. The van der Waals surface area contributed by atoms with Crippen LogP contribution in [0.4, 0.5) is 10.1 Å². The van der Waals surface area contributed by atoms with E-state index in [2.05, 4.69) is 10.3 Å². The Morgan fingerprint density at radius 1 is 1.58 bits per heavy atom. The number of nitrogens with zero attached hydrogens (tertiary/aromatic N) is 1. The van der Waals surface area contributed by atoms with Gasteiger partial charge in [0.25, 0.3) is 0 Å². The average Bonchev–Trinajstić information content (AvgIpc) is 2.75. The lowest BCUT2D eigenvalue weighted by Gasteiger charge is -2.08. The molecule has 1 aromatic carbocycles. The highest BCUT2D eigenvalue weighted by Crippen LogP contribution is 2.24. The topological polar surface area (TPSA) is 51.2 Å². The molecule has 0 aliphatic rings. The molecule has 0 radical (unpaired) electrons. The monoisotopic (exact) mass is 300 g/mol. The third-order valence-corrected chi connectivity index (χ3v) is 3.29. The summed E-state index contributed by atoms with van der Waals surface area (Å²) in [6.07, 6.45) is 1.62. The summed E-state index contributed by atoms with van der Waals surface area (Å²) in [6, 6.07) is 4.06. The van der Waals surface area contributed by atoms with Crippen molar-refractivity contribution in [3.05, 3.63) is 39.6 Å². The molecule has 4 nitrogen and oxygen atoms in total. The molecule has 0 saturated heterocycles. The number of anilines is 1. The summed E-state index contributed by atoms with van der Waals surface area (Å²) < 4.78 is 18.9. The summed E-state index contributed by atoms with van der Waals surface area (Å²) in [5, 5.41) is 2.90. The summed E-state index contributed by atoms with van der Waals surface area (Å²) in [5.41, 5.74) is 0.253. The molecule has 0 amide bonds. The van der Waals surface area contributed by atoms with E-state index in [1.54, 1.807) is 6.20 Å². The molecule has 0 spiro atoms. The maximum atomic E-state index is 13.6. The number of esters is 1. The number of ether oxygens (including phenoxy) is 1. The molecule has 0 atom stereocenters. The fourth-order valence-electron chi connectivity index (χ4n) is 1.42. The van der Waals surface area contributed by atoms with Crippen molar-refractivity contribution in [3.63, 3.8) is 0 Å². The standard InChI is InChI=1S/C12H10ClFN2O2S/c1-7(17)18-8-2-3-10(14)11(4-8)15-5-9-6-16-12(13)19-9/h2-4,6,15H,5H2,1H3. The van der Waals surface area contributed by atoms with E-state index in [0.717, 1.165) is 4.88 Å². The Kier molecular flexibility index (Phi) is 4.34.